The van der Waals surface area contributed by atoms with Crippen LogP contribution in [0.25, 0.3) is 6.08 Å². The number of halogens is 1. The molecule has 2 aromatic carbocycles. The summed E-state index contributed by atoms with van der Waals surface area (Å²) in [6, 6.07) is 12.8. The molecule has 0 radical (unpaired) electrons. The molecule has 0 saturated heterocycles. The average Bonchev–Trinajstić information content (AvgIpc) is 2.71. The van der Waals surface area contributed by atoms with Crippen LogP contribution in [-0.4, -0.2) is 44.0 Å². The summed E-state index contributed by atoms with van der Waals surface area (Å²) in [5.74, 6) is -0.190. The number of aliphatic hydroxyl groups is 1. The molecule has 0 aromatic heterocycles. The summed E-state index contributed by atoms with van der Waals surface area (Å²) >= 11 is 6.01. The number of benzene rings is 2. The van der Waals surface area contributed by atoms with Gasteiger partial charge in [0.05, 0.1) is 22.2 Å². The van der Waals surface area contributed by atoms with Crippen molar-refractivity contribution in [3.8, 4) is 0 Å². The summed E-state index contributed by atoms with van der Waals surface area (Å²) in [6.07, 6.45) is 4.87. The zero-order chi connectivity index (χ0) is 21.3. The van der Waals surface area contributed by atoms with E-state index in [-0.39, 0.29) is 24.0 Å². The van der Waals surface area contributed by atoms with Gasteiger partial charge in [-0.05, 0) is 42.3 Å². The van der Waals surface area contributed by atoms with Crippen molar-refractivity contribution in [3.05, 3.63) is 65.2 Å². The summed E-state index contributed by atoms with van der Waals surface area (Å²) in [5, 5.41) is 9.42. The quantitative estimate of drug-likeness (QED) is 0.555. The van der Waals surface area contributed by atoms with Crippen molar-refractivity contribution >= 4 is 39.3 Å². The smallest absolute Gasteiger partial charge is 0.261 e. The summed E-state index contributed by atoms with van der Waals surface area (Å²) in [4.78, 5) is 14.0. The zero-order valence-electron chi connectivity index (χ0n) is 16.2. The van der Waals surface area contributed by atoms with E-state index < -0.39 is 10.0 Å². The second kappa shape index (κ2) is 11.0. The first kappa shape index (κ1) is 22.9. The maximum atomic E-state index is 12.5. The first-order valence-corrected chi connectivity index (χ1v) is 11.2. The number of hydrogen-bond acceptors (Lipinski definition) is 4. The van der Waals surface area contributed by atoms with Crippen molar-refractivity contribution in [1.29, 1.82) is 0 Å². The lowest BCUT2D eigenvalue weighted by molar-refractivity contribution is -0.126. The van der Waals surface area contributed by atoms with Gasteiger partial charge in [0.2, 0.25) is 5.91 Å². The number of sulfonamides is 1. The normalized spacial score (nSPS) is 11.6. The molecule has 29 heavy (non-hydrogen) atoms. The third-order valence-corrected chi connectivity index (χ3v) is 5.90. The minimum absolute atomic E-state index is 0.0887. The molecule has 0 aliphatic heterocycles. The zero-order valence-corrected chi connectivity index (χ0v) is 17.8. The van der Waals surface area contributed by atoms with E-state index in [0.29, 0.717) is 22.8 Å². The maximum absolute atomic E-state index is 12.5. The molecular weight excluding hydrogens is 412 g/mol. The van der Waals surface area contributed by atoms with E-state index >= 15 is 0 Å². The minimum Gasteiger partial charge on any atom is -0.395 e. The van der Waals surface area contributed by atoms with Crippen molar-refractivity contribution in [1.82, 2.24) is 4.90 Å². The number of nitrogens with one attached hydrogen (secondary N) is 1. The predicted molar refractivity (Wildman–Crippen MR) is 116 cm³/mol. The van der Waals surface area contributed by atoms with Gasteiger partial charge in [0, 0.05) is 19.2 Å². The molecule has 1 amide bonds. The number of nitrogens with zero attached hydrogens (tertiary/aromatic N) is 1. The molecule has 156 valence electrons. The molecule has 0 spiro atoms. The number of amides is 1. The van der Waals surface area contributed by atoms with Crippen molar-refractivity contribution in [3.63, 3.8) is 0 Å². The SMILES string of the molecule is CCCCN(CCO)C(=O)/C=C/c1ccc(S(=O)(=O)Nc2ccccc2Cl)cc1. The van der Waals surface area contributed by atoms with E-state index in [0.717, 1.165) is 12.8 Å². The minimum atomic E-state index is -3.78. The lowest BCUT2D eigenvalue weighted by Crippen LogP contribution is -2.33. The molecule has 0 atom stereocenters. The summed E-state index contributed by atoms with van der Waals surface area (Å²) in [7, 11) is -3.78. The third kappa shape index (κ3) is 6.88. The third-order valence-electron chi connectivity index (χ3n) is 4.19. The molecule has 2 N–H and O–H groups in total. The number of carbonyl (C=O) groups is 1. The van der Waals surface area contributed by atoms with Crippen LogP contribution < -0.4 is 4.72 Å². The fraction of sp³-hybridized carbons (Fsp3) is 0.286. The monoisotopic (exact) mass is 436 g/mol. The highest BCUT2D eigenvalue weighted by Gasteiger charge is 2.15. The van der Waals surface area contributed by atoms with Crippen LogP contribution >= 0.6 is 11.6 Å². The van der Waals surface area contributed by atoms with Gasteiger partial charge < -0.3 is 10.0 Å². The van der Waals surface area contributed by atoms with Crippen LogP contribution in [0.1, 0.15) is 25.3 Å². The van der Waals surface area contributed by atoms with Crippen molar-refractivity contribution in [2.24, 2.45) is 0 Å². The number of unbranched alkanes of at least 4 members (excludes halogenated alkanes) is 1. The van der Waals surface area contributed by atoms with Crippen LogP contribution in [0.5, 0.6) is 0 Å². The Morgan fingerprint density at radius 1 is 1.14 bits per heavy atom. The molecule has 0 saturated carbocycles. The van der Waals surface area contributed by atoms with Gasteiger partial charge in [0.15, 0.2) is 0 Å². The Balaban J connectivity index is 2.08. The summed E-state index contributed by atoms with van der Waals surface area (Å²) < 4.78 is 27.5. The molecule has 0 aliphatic rings. The first-order chi connectivity index (χ1) is 13.9. The van der Waals surface area contributed by atoms with E-state index in [1.807, 2.05) is 6.92 Å². The molecule has 0 aliphatic carbocycles. The van der Waals surface area contributed by atoms with Crippen molar-refractivity contribution in [2.75, 3.05) is 24.4 Å². The highest BCUT2D eigenvalue weighted by Crippen LogP contribution is 2.24. The highest BCUT2D eigenvalue weighted by atomic mass is 35.5. The summed E-state index contributed by atoms with van der Waals surface area (Å²) in [5.41, 5.74) is 0.995. The van der Waals surface area contributed by atoms with Crippen LogP contribution in [0.4, 0.5) is 5.69 Å². The van der Waals surface area contributed by atoms with Crippen LogP contribution in [0.2, 0.25) is 5.02 Å². The first-order valence-electron chi connectivity index (χ1n) is 9.32. The second-order valence-electron chi connectivity index (χ2n) is 6.39. The number of anilines is 1. The van der Waals surface area contributed by atoms with E-state index in [2.05, 4.69) is 4.72 Å². The van der Waals surface area contributed by atoms with Gasteiger partial charge >= 0.3 is 0 Å². The maximum Gasteiger partial charge on any atom is 0.261 e. The summed E-state index contributed by atoms with van der Waals surface area (Å²) in [6.45, 7) is 2.82. The molecule has 6 nitrogen and oxygen atoms in total. The topological polar surface area (TPSA) is 86.7 Å². The van der Waals surface area contributed by atoms with E-state index in [9.17, 15) is 13.2 Å². The second-order valence-corrected chi connectivity index (χ2v) is 8.48. The lowest BCUT2D eigenvalue weighted by atomic mass is 10.2. The average molecular weight is 437 g/mol. The molecule has 0 unspecified atom stereocenters. The lowest BCUT2D eigenvalue weighted by Gasteiger charge is -2.19. The molecule has 2 aromatic rings. The van der Waals surface area contributed by atoms with Crippen LogP contribution in [0, 0.1) is 0 Å². The Morgan fingerprint density at radius 3 is 2.45 bits per heavy atom. The van der Waals surface area contributed by atoms with Gasteiger partial charge in [-0.15, -0.1) is 0 Å². The standard InChI is InChI=1S/C21H25ClN2O4S/c1-2-3-14-24(15-16-25)21(26)13-10-17-8-11-18(12-9-17)29(27,28)23-20-7-5-4-6-19(20)22/h4-13,23,25H,2-3,14-16H2,1H3/b13-10+. The van der Waals surface area contributed by atoms with Crippen LogP contribution in [0.3, 0.4) is 0 Å². The number of carbonyl (C=O) groups excluding carboxylic acids is 1. The van der Waals surface area contributed by atoms with Gasteiger partial charge in [0.25, 0.3) is 10.0 Å². The molecule has 0 bridgehead atoms. The number of hydrogen-bond donors (Lipinski definition) is 2. The van der Waals surface area contributed by atoms with Gasteiger partial charge in [-0.2, -0.15) is 0 Å². The number of rotatable bonds is 10. The van der Waals surface area contributed by atoms with E-state index in [1.165, 1.54) is 18.2 Å². The molecule has 0 heterocycles. The molecular formula is C21H25ClN2O4S. The van der Waals surface area contributed by atoms with Crippen LogP contribution in [-0.2, 0) is 14.8 Å². The molecule has 2 rings (SSSR count). The molecule has 0 fully saturated rings. The van der Waals surface area contributed by atoms with Gasteiger partial charge in [-0.1, -0.05) is 49.2 Å². The van der Waals surface area contributed by atoms with Crippen molar-refractivity contribution < 1.29 is 18.3 Å². The van der Waals surface area contributed by atoms with E-state index in [1.54, 1.807) is 47.4 Å². The largest absolute Gasteiger partial charge is 0.395 e. The van der Waals surface area contributed by atoms with Crippen molar-refractivity contribution in [2.45, 2.75) is 24.7 Å². The number of aliphatic hydroxyl groups excluding tert-OH is 1. The Bertz CT molecular complexity index is 943. The fourth-order valence-corrected chi connectivity index (χ4v) is 3.90. The Kier molecular flexibility index (Phi) is 8.70. The highest BCUT2D eigenvalue weighted by molar-refractivity contribution is 7.92. The van der Waals surface area contributed by atoms with Crippen LogP contribution in [0.15, 0.2) is 59.5 Å². The Morgan fingerprint density at radius 2 is 1.83 bits per heavy atom. The van der Waals surface area contributed by atoms with Gasteiger partial charge in [-0.25, -0.2) is 8.42 Å². The van der Waals surface area contributed by atoms with Gasteiger partial charge in [0.1, 0.15) is 0 Å². The Labute approximate surface area is 176 Å². The van der Waals surface area contributed by atoms with E-state index in [4.69, 9.17) is 16.7 Å². The molecule has 8 heteroatoms. The predicted octanol–water partition coefficient (Wildman–Crippen LogP) is 3.78. The Hall–Kier alpha value is -2.35. The van der Waals surface area contributed by atoms with Gasteiger partial charge in [-0.3, -0.25) is 9.52 Å². The number of para-hydroxylation sites is 1. The fourth-order valence-electron chi connectivity index (χ4n) is 2.58.